The van der Waals surface area contributed by atoms with Gasteiger partial charge in [-0.25, -0.2) is 0 Å². The number of amides is 1. The fourth-order valence-electron chi connectivity index (χ4n) is 2.66. The Morgan fingerprint density at radius 2 is 2.38 bits per heavy atom. The SMILES string of the molecule is O=C(NC1CC2CCC1N2)c1ccc(Br)o1. The summed E-state index contributed by atoms with van der Waals surface area (Å²) in [6.45, 7) is 0. The van der Waals surface area contributed by atoms with Gasteiger partial charge in [0.2, 0.25) is 0 Å². The molecule has 2 aliphatic rings. The molecule has 1 aromatic rings. The van der Waals surface area contributed by atoms with Gasteiger partial charge in [0, 0.05) is 18.1 Å². The van der Waals surface area contributed by atoms with Crippen molar-refractivity contribution >= 4 is 21.8 Å². The molecule has 0 aliphatic carbocycles. The number of hydrogen-bond acceptors (Lipinski definition) is 3. The summed E-state index contributed by atoms with van der Waals surface area (Å²) < 4.78 is 5.81. The van der Waals surface area contributed by atoms with Crippen LogP contribution in [0.4, 0.5) is 0 Å². The molecule has 1 amide bonds. The molecule has 16 heavy (non-hydrogen) atoms. The smallest absolute Gasteiger partial charge is 0.287 e. The molecule has 0 aromatic carbocycles. The van der Waals surface area contributed by atoms with Crippen molar-refractivity contribution in [3.8, 4) is 0 Å². The molecule has 3 atom stereocenters. The maximum atomic E-state index is 11.8. The highest BCUT2D eigenvalue weighted by Gasteiger charge is 2.39. The highest BCUT2D eigenvalue weighted by molar-refractivity contribution is 9.10. The van der Waals surface area contributed by atoms with Crippen molar-refractivity contribution in [1.82, 2.24) is 10.6 Å². The van der Waals surface area contributed by atoms with Gasteiger partial charge < -0.3 is 15.1 Å². The highest BCUT2D eigenvalue weighted by atomic mass is 79.9. The number of nitrogens with one attached hydrogen (secondary N) is 2. The van der Waals surface area contributed by atoms with Crippen molar-refractivity contribution < 1.29 is 9.21 Å². The molecule has 3 unspecified atom stereocenters. The Bertz CT molecular complexity index is 418. The van der Waals surface area contributed by atoms with Gasteiger partial charge in [-0.3, -0.25) is 4.79 Å². The summed E-state index contributed by atoms with van der Waals surface area (Å²) in [6, 6.07) is 4.72. The summed E-state index contributed by atoms with van der Waals surface area (Å²) >= 11 is 3.19. The normalized spacial score (nSPS) is 31.9. The summed E-state index contributed by atoms with van der Waals surface area (Å²) in [4.78, 5) is 11.8. The third-order valence-electron chi connectivity index (χ3n) is 3.41. The summed E-state index contributed by atoms with van der Waals surface area (Å²) in [7, 11) is 0. The van der Waals surface area contributed by atoms with Crippen LogP contribution in [0.5, 0.6) is 0 Å². The second kappa shape index (κ2) is 3.89. The zero-order valence-electron chi connectivity index (χ0n) is 8.70. The first-order chi connectivity index (χ1) is 7.72. The van der Waals surface area contributed by atoms with E-state index in [0.717, 1.165) is 12.8 Å². The molecule has 2 fully saturated rings. The molecular formula is C11H13BrN2O2. The molecule has 3 heterocycles. The van der Waals surface area contributed by atoms with Gasteiger partial charge in [-0.1, -0.05) is 0 Å². The molecule has 1 aromatic heterocycles. The minimum Gasteiger partial charge on any atom is -0.444 e. The minimum absolute atomic E-state index is 0.120. The van der Waals surface area contributed by atoms with Crippen LogP contribution in [0.1, 0.15) is 29.8 Å². The average molecular weight is 285 g/mol. The molecule has 0 spiro atoms. The lowest BCUT2D eigenvalue weighted by molar-refractivity contribution is 0.0901. The standard InChI is InChI=1S/C11H13BrN2O2/c12-10-4-3-9(16-10)11(15)14-8-5-6-1-2-7(8)13-6/h3-4,6-8,13H,1-2,5H2,(H,14,15). The molecule has 2 aliphatic heterocycles. The number of furan rings is 1. The van der Waals surface area contributed by atoms with Crippen LogP contribution >= 0.6 is 15.9 Å². The molecular weight excluding hydrogens is 272 g/mol. The Hall–Kier alpha value is -0.810. The Balaban J connectivity index is 1.65. The third kappa shape index (κ3) is 1.78. The molecule has 2 saturated heterocycles. The van der Waals surface area contributed by atoms with E-state index >= 15 is 0 Å². The van der Waals surface area contributed by atoms with Crippen LogP contribution in [0.25, 0.3) is 0 Å². The maximum Gasteiger partial charge on any atom is 0.287 e. The van der Waals surface area contributed by atoms with E-state index in [1.165, 1.54) is 6.42 Å². The van der Waals surface area contributed by atoms with Crippen molar-refractivity contribution in [2.45, 2.75) is 37.4 Å². The molecule has 0 saturated carbocycles. The van der Waals surface area contributed by atoms with Crippen molar-refractivity contribution in [2.24, 2.45) is 0 Å². The second-order valence-corrected chi connectivity index (χ2v) is 5.25. The van der Waals surface area contributed by atoms with Gasteiger partial charge in [-0.05, 0) is 47.3 Å². The Kier molecular flexibility index (Phi) is 2.52. The Morgan fingerprint density at radius 1 is 1.50 bits per heavy atom. The molecule has 5 heteroatoms. The summed E-state index contributed by atoms with van der Waals surface area (Å²) in [5, 5.41) is 6.51. The van der Waals surface area contributed by atoms with Gasteiger partial charge in [-0.15, -0.1) is 0 Å². The van der Waals surface area contributed by atoms with Crippen LogP contribution in [0.15, 0.2) is 21.2 Å². The molecule has 0 radical (unpaired) electrons. The van der Waals surface area contributed by atoms with Gasteiger partial charge in [0.15, 0.2) is 10.4 Å². The number of carbonyl (C=O) groups is 1. The summed E-state index contributed by atoms with van der Waals surface area (Å²) in [6.07, 6.45) is 3.44. The van der Waals surface area contributed by atoms with Crippen LogP contribution < -0.4 is 10.6 Å². The minimum atomic E-state index is -0.120. The quantitative estimate of drug-likeness (QED) is 0.869. The van der Waals surface area contributed by atoms with Gasteiger partial charge in [-0.2, -0.15) is 0 Å². The lowest BCUT2D eigenvalue weighted by atomic mass is 9.95. The molecule has 86 valence electrons. The van der Waals surface area contributed by atoms with E-state index in [1.807, 2.05) is 0 Å². The number of hydrogen-bond donors (Lipinski definition) is 2. The van der Waals surface area contributed by atoms with Crippen molar-refractivity contribution in [2.75, 3.05) is 0 Å². The van der Waals surface area contributed by atoms with E-state index in [2.05, 4.69) is 26.6 Å². The van der Waals surface area contributed by atoms with Crippen LogP contribution in [0, 0.1) is 0 Å². The molecule has 4 nitrogen and oxygen atoms in total. The molecule has 2 N–H and O–H groups in total. The Morgan fingerprint density at radius 3 is 2.94 bits per heavy atom. The van der Waals surface area contributed by atoms with Gasteiger partial charge in [0.1, 0.15) is 0 Å². The van der Waals surface area contributed by atoms with E-state index in [0.29, 0.717) is 22.5 Å². The lowest BCUT2D eigenvalue weighted by Gasteiger charge is -2.20. The largest absolute Gasteiger partial charge is 0.444 e. The van der Waals surface area contributed by atoms with E-state index in [-0.39, 0.29) is 11.9 Å². The highest BCUT2D eigenvalue weighted by Crippen LogP contribution is 2.28. The van der Waals surface area contributed by atoms with Crippen molar-refractivity contribution in [3.05, 3.63) is 22.6 Å². The van der Waals surface area contributed by atoms with Crippen LogP contribution in [-0.2, 0) is 0 Å². The third-order valence-corrected chi connectivity index (χ3v) is 3.84. The predicted octanol–water partition coefficient (Wildman–Crippen LogP) is 1.66. The van der Waals surface area contributed by atoms with Crippen molar-refractivity contribution in [1.29, 1.82) is 0 Å². The zero-order valence-corrected chi connectivity index (χ0v) is 10.3. The van der Waals surface area contributed by atoms with E-state index in [1.54, 1.807) is 12.1 Å². The summed E-state index contributed by atoms with van der Waals surface area (Å²) in [5.74, 6) is 0.250. The van der Waals surface area contributed by atoms with E-state index < -0.39 is 0 Å². The monoisotopic (exact) mass is 284 g/mol. The first-order valence-electron chi connectivity index (χ1n) is 5.54. The molecule has 2 bridgehead atoms. The van der Waals surface area contributed by atoms with Crippen molar-refractivity contribution in [3.63, 3.8) is 0 Å². The second-order valence-electron chi connectivity index (χ2n) is 4.47. The first-order valence-corrected chi connectivity index (χ1v) is 6.34. The van der Waals surface area contributed by atoms with E-state index in [4.69, 9.17) is 4.42 Å². The number of carbonyl (C=O) groups excluding carboxylic acids is 1. The van der Waals surface area contributed by atoms with Crippen LogP contribution in [-0.4, -0.2) is 24.0 Å². The summed E-state index contributed by atoms with van der Waals surface area (Å²) in [5.41, 5.74) is 0. The average Bonchev–Trinajstić information content (AvgIpc) is 2.92. The van der Waals surface area contributed by atoms with Crippen LogP contribution in [0.2, 0.25) is 0 Å². The topological polar surface area (TPSA) is 54.3 Å². The fraction of sp³-hybridized carbons (Fsp3) is 0.545. The first kappa shape index (κ1) is 10.4. The van der Waals surface area contributed by atoms with Crippen LogP contribution in [0.3, 0.4) is 0 Å². The number of fused-ring (bicyclic) bond motifs is 2. The predicted molar refractivity (Wildman–Crippen MR) is 62.2 cm³/mol. The van der Waals surface area contributed by atoms with E-state index in [9.17, 15) is 4.79 Å². The maximum absolute atomic E-state index is 11.8. The lowest BCUT2D eigenvalue weighted by Crippen LogP contribution is -2.42. The van der Waals surface area contributed by atoms with Gasteiger partial charge >= 0.3 is 0 Å². The zero-order chi connectivity index (χ0) is 11.1. The number of halogens is 1. The fourth-order valence-corrected chi connectivity index (χ4v) is 2.97. The van der Waals surface area contributed by atoms with Gasteiger partial charge in [0.25, 0.3) is 5.91 Å². The van der Waals surface area contributed by atoms with Gasteiger partial charge in [0.05, 0.1) is 0 Å². The Labute approximate surface area is 102 Å². The molecule has 3 rings (SSSR count). The number of rotatable bonds is 2.